The van der Waals surface area contributed by atoms with Gasteiger partial charge in [0.2, 0.25) is 0 Å². The first-order valence-electron chi connectivity index (χ1n) is 5.10. The standard InChI is InChI=1S/C12H11NO4/c14-11(15)6-8(12(16)17)10-5-7-3-1-2-4-9(7)13-10/h1-5,8,13H,6H2,(H,14,15)(H,16,17). The lowest BCUT2D eigenvalue weighted by atomic mass is 10.0. The van der Waals surface area contributed by atoms with Gasteiger partial charge in [0.15, 0.2) is 0 Å². The number of aromatic nitrogens is 1. The molecule has 0 bridgehead atoms. The Morgan fingerprint density at radius 1 is 1.24 bits per heavy atom. The number of nitrogens with one attached hydrogen (secondary N) is 1. The number of carboxylic acids is 2. The Hall–Kier alpha value is -2.30. The molecule has 0 spiro atoms. The third-order valence-electron chi connectivity index (χ3n) is 2.60. The number of carbonyl (C=O) groups is 2. The molecule has 1 aromatic carbocycles. The number of rotatable bonds is 4. The highest BCUT2D eigenvalue weighted by Gasteiger charge is 2.24. The molecule has 88 valence electrons. The second kappa shape index (κ2) is 4.29. The molecule has 1 heterocycles. The van der Waals surface area contributed by atoms with Gasteiger partial charge in [-0.2, -0.15) is 0 Å². The van der Waals surface area contributed by atoms with E-state index in [0.717, 1.165) is 10.9 Å². The minimum atomic E-state index is -1.14. The van der Waals surface area contributed by atoms with Crippen LogP contribution in [-0.4, -0.2) is 27.1 Å². The second-order valence-corrected chi connectivity index (χ2v) is 3.80. The maximum Gasteiger partial charge on any atom is 0.313 e. The summed E-state index contributed by atoms with van der Waals surface area (Å²) in [6.45, 7) is 0. The topological polar surface area (TPSA) is 90.4 Å². The summed E-state index contributed by atoms with van der Waals surface area (Å²) in [6.07, 6.45) is -0.428. The number of para-hydroxylation sites is 1. The van der Waals surface area contributed by atoms with Gasteiger partial charge in [-0.3, -0.25) is 9.59 Å². The molecule has 0 radical (unpaired) electrons. The van der Waals surface area contributed by atoms with Crippen LogP contribution in [0.2, 0.25) is 0 Å². The molecule has 1 unspecified atom stereocenters. The first-order chi connectivity index (χ1) is 8.08. The maximum atomic E-state index is 11.0. The van der Waals surface area contributed by atoms with Crippen LogP contribution >= 0.6 is 0 Å². The zero-order chi connectivity index (χ0) is 12.4. The Balaban J connectivity index is 2.41. The van der Waals surface area contributed by atoms with Crippen LogP contribution in [-0.2, 0) is 9.59 Å². The van der Waals surface area contributed by atoms with E-state index >= 15 is 0 Å². The quantitative estimate of drug-likeness (QED) is 0.751. The molecule has 2 aromatic rings. The first kappa shape index (κ1) is 11.2. The van der Waals surface area contributed by atoms with Crippen LogP contribution in [0.25, 0.3) is 10.9 Å². The minimum absolute atomic E-state index is 0.418. The molecule has 0 aliphatic heterocycles. The summed E-state index contributed by atoms with van der Waals surface area (Å²) in [4.78, 5) is 24.6. The number of H-pyrrole nitrogens is 1. The van der Waals surface area contributed by atoms with Crippen molar-refractivity contribution >= 4 is 22.8 Å². The highest BCUT2D eigenvalue weighted by atomic mass is 16.4. The van der Waals surface area contributed by atoms with Crippen molar-refractivity contribution < 1.29 is 19.8 Å². The normalized spacial score (nSPS) is 12.5. The van der Waals surface area contributed by atoms with E-state index in [1.54, 1.807) is 6.07 Å². The molecule has 3 N–H and O–H groups in total. The van der Waals surface area contributed by atoms with Crippen LogP contribution in [0, 0.1) is 0 Å². The van der Waals surface area contributed by atoms with Crippen molar-refractivity contribution in [2.24, 2.45) is 0 Å². The van der Waals surface area contributed by atoms with Crippen molar-refractivity contribution in [2.45, 2.75) is 12.3 Å². The Labute approximate surface area is 96.7 Å². The van der Waals surface area contributed by atoms with Crippen molar-refractivity contribution in [1.29, 1.82) is 0 Å². The Kier molecular flexibility index (Phi) is 2.82. The third-order valence-corrected chi connectivity index (χ3v) is 2.60. The fourth-order valence-electron chi connectivity index (χ4n) is 1.79. The van der Waals surface area contributed by atoms with Gasteiger partial charge in [0, 0.05) is 11.2 Å². The summed E-state index contributed by atoms with van der Waals surface area (Å²) in [6, 6.07) is 9.01. The highest BCUT2D eigenvalue weighted by Crippen LogP contribution is 2.24. The SMILES string of the molecule is O=C(O)CC(C(=O)O)c1cc2ccccc2[nH]1. The molecule has 2 rings (SSSR count). The van der Waals surface area contributed by atoms with E-state index in [0.29, 0.717) is 5.69 Å². The van der Waals surface area contributed by atoms with Crippen LogP contribution in [0.1, 0.15) is 18.0 Å². The van der Waals surface area contributed by atoms with Crippen molar-refractivity contribution in [2.75, 3.05) is 0 Å². The summed E-state index contributed by atoms with van der Waals surface area (Å²) in [7, 11) is 0. The summed E-state index contributed by atoms with van der Waals surface area (Å²) in [5.74, 6) is -3.31. The average molecular weight is 233 g/mol. The number of fused-ring (bicyclic) bond motifs is 1. The Morgan fingerprint density at radius 2 is 1.94 bits per heavy atom. The van der Waals surface area contributed by atoms with Crippen LogP contribution < -0.4 is 0 Å². The molecule has 0 saturated heterocycles. The summed E-state index contributed by atoms with van der Waals surface area (Å²) < 4.78 is 0. The zero-order valence-corrected chi connectivity index (χ0v) is 8.88. The number of carboxylic acid groups (broad SMARTS) is 2. The van der Waals surface area contributed by atoms with Crippen molar-refractivity contribution in [3.63, 3.8) is 0 Å². The molecule has 17 heavy (non-hydrogen) atoms. The van der Waals surface area contributed by atoms with Gasteiger partial charge < -0.3 is 15.2 Å². The number of aliphatic carboxylic acids is 2. The van der Waals surface area contributed by atoms with Crippen LogP contribution in [0.15, 0.2) is 30.3 Å². The number of aromatic amines is 1. The molecular formula is C12H11NO4. The van der Waals surface area contributed by atoms with Gasteiger partial charge in [-0.15, -0.1) is 0 Å². The zero-order valence-electron chi connectivity index (χ0n) is 8.88. The van der Waals surface area contributed by atoms with Gasteiger partial charge in [-0.05, 0) is 17.5 Å². The third kappa shape index (κ3) is 2.28. The first-order valence-corrected chi connectivity index (χ1v) is 5.10. The minimum Gasteiger partial charge on any atom is -0.481 e. The van der Waals surface area contributed by atoms with Crippen molar-refractivity contribution in [1.82, 2.24) is 4.98 Å². The Morgan fingerprint density at radius 3 is 2.53 bits per heavy atom. The maximum absolute atomic E-state index is 11.0. The molecule has 0 saturated carbocycles. The van der Waals surface area contributed by atoms with E-state index in [-0.39, 0.29) is 0 Å². The predicted molar refractivity (Wildman–Crippen MR) is 60.9 cm³/mol. The predicted octanol–water partition coefficient (Wildman–Crippen LogP) is 1.81. The fourth-order valence-corrected chi connectivity index (χ4v) is 1.79. The lowest BCUT2D eigenvalue weighted by molar-refractivity contribution is -0.145. The van der Waals surface area contributed by atoms with E-state index in [1.165, 1.54) is 0 Å². The molecule has 5 nitrogen and oxygen atoms in total. The van der Waals surface area contributed by atoms with Crippen LogP contribution in [0.4, 0.5) is 0 Å². The van der Waals surface area contributed by atoms with E-state index < -0.39 is 24.3 Å². The van der Waals surface area contributed by atoms with Gasteiger partial charge >= 0.3 is 11.9 Å². The Bertz CT molecular complexity index is 540. The van der Waals surface area contributed by atoms with Gasteiger partial charge in [-0.25, -0.2) is 0 Å². The molecule has 0 aliphatic rings. The number of hydrogen-bond donors (Lipinski definition) is 3. The number of hydrogen-bond acceptors (Lipinski definition) is 2. The number of benzene rings is 1. The monoisotopic (exact) mass is 233 g/mol. The smallest absolute Gasteiger partial charge is 0.313 e. The van der Waals surface area contributed by atoms with Crippen molar-refractivity contribution in [3.05, 3.63) is 36.0 Å². The second-order valence-electron chi connectivity index (χ2n) is 3.80. The van der Waals surface area contributed by atoms with Gasteiger partial charge in [0.1, 0.15) is 5.92 Å². The molecule has 0 fully saturated rings. The van der Waals surface area contributed by atoms with Crippen molar-refractivity contribution in [3.8, 4) is 0 Å². The summed E-state index contributed by atoms with van der Waals surface area (Å²) in [5, 5.41) is 18.6. The lowest BCUT2D eigenvalue weighted by Gasteiger charge is -2.06. The summed E-state index contributed by atoms with van der Waals surface area (Å²) in [5.41, 5.74) is 1.22. The highest BCUT2D eigenvalue weighted by molar-refractivity contribution is 5.86. The molecular weight excluding hydrogens is 222 g/mol. The van der Waals surface area contributed by atoms with E-state index in [1.807, 2.05) is 24.3 Å². The van der Waals surface area contributed by atoms with Gasteiger partial charge in [0.25, 0.3) is 0 Å². The molecule has 5 heteroatoms. The fraction of sp³-hybridized carbons (Fsp3) is 0.167. The van der Waals surface area contributed by atoms with E-state index in [4.69, 9.17) is 10.2 Å². The molecule has 1 aromatic heterocycles. The van der Waals surface area contributed by atoms with Crippen LogP contribution in [0.5, 0.6) is 0 Å². The lowest BCUT2D eigenvalue weighted by Crippen LogP contribution is -2.16. The van der Waals surface area contributed by atoms with E-state index in [2.05, 4.69) is 4.98 Å². The average Bonchev–Trinajstić information content (AvgIpc) is 2.68. The molecule has 0 aliphatic carbocycles. The molecule has 0 amide bonds. The van der Waals surface area contributed by atoms with Crippen LogP contribution in [0.3, 0.4) is 0 Å². The molecule has 1 atom stereocenters. The largest absolute Gasteiger partial charge is 0.481 e. The van der Waals surface area contributed by atoms with Gasteiger partial charge in [0.05, 0.1) is 6.42 Å². The van der Waals surface area contributed by atoms with E-state index in [9.17, 15) is 9.59 Å². The van der Waals surface area contributed by atoms with Gasteiger partial charge in [-0.1, -0.05) is 18.2 Å². The summed E-state index contributed by atoms with van der Waals surface area (Å²) >= 11 is 0.